The van der Waals surface area contributed by atoms with Gasteiger partial charge in [-0.05, 0) is 51.5 Å². The zero-order valence-corrected chi connectivity index (χ0v) is 15.4. The van der Waals surface area contributed by atoms with Crippen LogP contribution in [0.2, 0.25) is 0 Å². The van der Waals surface area contributed by atoms with E-state index in [9.17, 15) is 0 Å². The quantitative estimate of drug-likeness (QED) is 0.593. The first-order valence-corrected chi connectivity index (χ1v) is 9.52. The van der Waals surface area contributed by atoms with Crippen molar-refractivity contribution in [3.05, 3.63) is 0 Å². The lowest BCUT2D eigenvalue weighted by atomic mass is 10.1. The maximum absolute atomic E-state index is 4.45. The van der Waals surface area contributed by atoms with Crippen LogP contribution in [0.4, 0.5) is 0 Å². The van der Waals surface area contributed by atoms with E-state index in [0.29, 0.717) is 18.0 Å². The van der Waals surface area contributed by atoms with Crippen molar-refractivity contribution in [1.82, 2.24) is 20.4 Å². The number of hydrogen-bond acceptors (Lipinski definition) is 3. The minimum atomic E-state index is 0.509. The lowest BCUT2D eigenvalue weighted by molar-refractivity contribution is 0.265. The average molecular weight is 322 g/mol. The molecule has 2 heterocycles. The van der Waals surface area contributed by atoms with Gasteiger partial charge in [-0.1, -0.05) is 6.92 Å². The molecule has 0 radical (unpaired) electrons. The Morgan fingerprint density at radius 3 is 2.57 bits per heavy atom. The van der Waals surface area contributed by atoms with E-state index in [1.54, 1.807) is 0 Å². The van der Waals surface area contributed by atoms with Crippen LogP contribution in [0.3, 0.4) is 0 Å². The van der Waals surface area contributed by atoms with Gasteiger partial charge in [0.15, 0.2) is 5.96 Å². The molecule has 0 aromatic rings. The molecule has 3 atom stereocenters. The fourth-order valence-electron chi connectivity index (χ4n) is 4.03. The van der Waals surface area contributed by atoms with Crippen molar-refractivity contribution < 1.29 is 0 Å². The summed E-state index contributed by atoms with van der Waals surface area (Å²) in [4.78, 5) is 9.68. The molecule has 2 N–H and O–H groups in total. The van der Waals surface area contributed by atoms with Crippen LogP contribution in [0.25, 0.3) is 0 Å². The zero-order valence-electron chi connectivity index (χ0n) is 15.4. The highest BCUT2D eigenvalue weighted by Gasteiger charge is 2.34. The van der Waals surface area contributed by atoms with Crippen LogP contribution in [0.5, 0.6) is 0 Å². The standard InChI is InChI=1S/C18H35N5/c1-13(2)23-10-14(3)17(12-23)21-18(19-4)20-9-15-7-8-22(11-15)16-5-6-16/h13-17H,5-12H2,1-4H3,(H2,19,20,21). The molecule has 5 heteroatoms. The number of rotatable bonds is 5. The highest BCUT2D eigenvalue weighted by Crippen LogP contribution is 2.31. The first-order chi connectivity index (χ1) is 11.1. The molecule has 2 saturated heterocycles. The summed E-state index contributed by atoms with van der Waals surface area (Å²) in [5, 5.41) is 7.23. The fraction of sp³-hybridized carbons (Fsp3) is 0.944. The predicted molar refractivity (Wildman–Crippen MR) is 96.9 cm³/mol. The van der Waals surface area contributed by atoms with Gasteiger partial charge in [0.2, 0.25) is 0 Å². The molecule has 0 amide bonds. The van der Waals surface area contributed by atoms with Crippen LogP contribution in [-0.4, -0.2) is 73.7 Å². The zero-order chi connectivity index (χ0) is 16.4. The number of hydrogen-bond donors (Lipinski definition) is 2. The lowest BCUT2D eigenvalue weighted by Gasteiger charge is -2.22. The second-order valence-corrected chi connectivity index (χ2v) is 8.11. The van der Waals surface area contributed by atoms with Gasteiger partial charge in [-0.3, -0.25) is 9.89 Å². The van der Waals surface area contributed by atoms with Crippen molar-refractivity contribution in [3.8, 4) is 0 Å². The topological polar surface area (TPSA) is 42.9 Å². The van der Waals surface area contributed by atoms with E-state index in [4.69, 9.17) is 0 Å². The van der Waals surface area contributed by atoms with Gasteiger partial charge < -0.3 is 15.5 Å². The molecule has 0 bridgehead atoms. The Balaban J connectivity index is 1.41. The number of nitrogens with one attached hydrogen (secondary N) is 2. The third-order valence-corrected chi connectivity index (χ3v) is 5.86. The normalized spacial score (nSPS) is 33.6. The van der Waals surface area contributed by atoms with E-state index >= 15 is 0 Å². The first kappa shape index (κ1) is 17.0. The minimum absolute atomic E-state index is 0.509. The van der Waals surface area contributed by atoms with Crippen molar-refractivity contribution >= 4 is 5.96 Å². The highest BCUT2D eigenvalue weighted by atomic mass is 15.3. The SMILES string of the molecule is CN=C(NCC1CCN(C2CC2)C1)NC1CN(C(C)C)CC1C. The van der Waals surface area contributed by atoms with Gasteiger partial charge in [0.25, 0.3) is 0 Å². The third-order valence-electron chi connectivity index (χ3n) is 5.86. The predicted octanol–water partition coefficient (Wildman–Crippen LogP) is 1.36. The molecule has 132 valence electrons. The Hall–Kier alpha value is -0.810. The monoisotopic (exact) mass is 321 g/mol. The summed E-state index contributed by atoms with van der Waals surface area (Å²) in [5.74, 6) is 2.44. The van der Waals surface area contributed by atoms with Crippen LogP contribution in [0.1, 0.15) is 40.0 Å². The van der Waals surface area contributed by atoms with E-state index in [1.165, 1.54) is 38.9 Å². The molecule has 1 saturated carbocycles. The highest BCUT2D eigenvalue weighted by molar-refractivity contribution is 5.80. The van der Waals surface area contributed by atoms with Crippen LogP contribution >= 0.6 is 0 Å². The Kier molecular flexibility index (Phi) is 5.47. The molecule has 0 aromatic heterocycles. The summed E-state index contributed by atoms with van der Waals surface area (Å²) in [5.41, 5.74) is 0. The van der Waals surface area contributed by atoms with E-state index in [-0.39, 0.29) is 0 Å². The summed E-state index contributed by atoms with van der Waals surface area (Å²) in [7, 11) is 1.89. The van der Waals surface area contributed by atoms with Crippen molar-refractivity contribution in [2.24, 2.45) is 16.8 Å². The summed E-state index contributed by atoms with van der Waals surface area (Å²) in [6, 6.07) is 2.06. The van der Waals surface area contributed by atoms with E-state index in [1.807, 2.05) is 7.05 Å². The molecular weight excluding hydrogens is 286 g/mol. The molecule has 2 aliphatic heterocycles. The number of guanidine groups is 1. The van der Waals surface area contributed by atoms with Crippen LogP contribution in [-0.2, 0) is 0 Å². The van der Waals surface area contributed by atoms with Gasteiger partial charge in [0.05, 0.1) is 0 Å². The van der Waals surface area contributed by atoms with E-state index in [2.05, 4.69) is 46.2 Å². The summed E-state index contributed by atoms with van der Waals surface area (Å²) in [6.07, 6.45) is 4.19. The van der Waals surface area contributed by atoms with E-state index in [0.717, 1.165) is 31.0 Å². The molecule has 3 rings (SSSR count). The van der Waals surface area contributed by atoms with Gasteiger partial charge in [0, 0.05) is 51.4 Å². The summed E-state index contributed by atoms with van der Waals surface area (Å²) >= 11 is 0. The Morgan fingerprint density at radius 1 is 1.17 bits per heavy atom. The van der Waals surface area contributed by atoms with Crippen LogP contribution < -0.4 is 10.6 Å². The largest absolute Gasteiger partial charge is 0.356 e. The summed E-state index contributed by atoms with van der Waals surface area (Å²) < 4.78 is 0. The van der Waals surface area contributed by atoms with Crippen LogP contribution in [0, 0.1) is 11.8 Å². The molecule has 3 unspecified atom stereocenters. The fourth-order valence-corrected chi connectivity index (χ4v) is 4.03. The molecular formula is C18H35N5. The maximum atomic E-state index is 4.45. The molecule has 0 spiro atoms. The van der Waals surface area contributed by atoms with Gasteiger partial charge in [0.1, 0.15) is 0 Å². The number of aliphatic imine (C=N–C) groups is 1. The molecule has 1 aliphatic carbocycles. The van der Waals surface area contributed by atoms with Gasteiger partial charge >= 0.3 is 0 Å². The van der Waals surface area contributed by atoms with Gasteiger partial charge in [-0.25, -0.2) is 0 Å². The lowest BCUT2D eigenvalue weighted by Crippen LogP contribution is -2.48. The maximum Gasteiger partial charge on any atom is 0.191 e. The second-order valence-electron chi connectivity index (χ2n) is 8.11. The summed E-state index contributed by atoms with van der Waals surface area (Å²) in [6.45, 7) is 12.9. The first-order valence-electron chi connectivity index (χ1n) is 9.52. The van der Waals surface area contributed by atoms with Crippen LogP contribution in [0.15, 0.2) is 4.99 Å². The van der Waals surface area contributed by atoms with Crippen molar-refractivity contribution in [2.75, 3.05) is 39.8 Å². The Labute approximate surface area is 141 Å². The van der Waals surface area contributed by atoms with Gasteiger partial charge in [-0.2, -0.15) is 0 Å². The Morgan fingerprint density at radius 2 is 1.96 bits per heavy atom. The molecule has 0 aromatic carbocycles. The molecule has 5 nitrogen and oxygen atoms in total. The third kappa shape index (κ3) is 4.38. The second kappa shape index (κ2) is 7.39. The number of nitrogens with zero attached hydrogens (tertiary/aromatic N) is 3. The Bertz CT molecular complexity index is 418. The van der Waals surface area contributed by atoms with Crippen molar-refractivity contribution in [1.29, 1.82) is 0 Å². The average Bonchev–Trinajstić information content (AvgIpc) is 3.16. The number of likely N-dealkylation sites (tertiary alicyclic amines) is 2. The smallest absolute Gasteiger partial charge is 0.191 e. The minimum Gasteiger partial charge on any atom is -0.356 e. The van der Waals surface area contributed by atoms with E-state index < -0.39 is 0 Å². The van der Waals surface area contributed by atoms with Crippen molar-refractivity contribution in [2.45, 2.75) is 58.2 Å². The molecule has 3 fully saturated rings. The van der Waals surface area contributed by atoms with Crippen molar-refractivity contribution in [3.63, 3.8) is 0 Å². The van der Waals surface area contributed by atoms with Gasteiger partial charge in [-0.15, -0.1) is 0 Å². The molecule has 23 heavy (non-hydrogen) atoms. The molecule has 3 aliphatic rings.